The van der Waals surface area contributed by atoms with Crippen LogP contribution in [0.2, 0.25) is 0 Å². The molecule has 3 nitrogen and oxygen atoms in total. The third-order valence-corrected chi connectivity index (χ3v) is 7.66. The van der Waals surface area contributed by atoms with E-state index in [2.05, 4.69) is 6.07 Å². The van der Waals surface area contributed by atoms with Crippen molar-refractivity contribution in [2.24, 2.45) is 5.92 Å². The normalized spacial score (nSPS) is 13.5. The summed E-state index contributed by atoms with van der Waals surface area (Å²) in [6.07, 6.45) is -0.893. The summed E-state index contributed by atoms with van der Waals surface area (Å²) < 4.78 is 14.1. The van der Waals surface area contributed by atoms with E-state index in [-0.39, 0.29) is 6.16 Å². The molecule has 0 saturated heterocycles. The van der Waals surface area contributed by atoms with Crippen molar-refractivity contribution >= 4 is 17.8 Å². The van der Waals surface area contributed by atoms with Gasteiger partial charge in [-0.2, -0.15) is 5.26 Å². The Bertz CT molecular complexity index is 877. The standard InChI is InChI=1S/C22H20NO2P/c23-16-19(22(24)18-10-4-1-5-11-18)17-26(25,20-12-6-2-7-13-20)21-14-8-3-9-15-21/h1-15,19,22,24H,17H2. The maximum atomic E-state index is 14.1. The predicted molar refractivity (Wildman–Crippen MR) is 105 cm³/mol. The Morgan fingerprint density at radius 2 is 1.23 bits per heavy atom. The maximum absolute atomic E-state index is 14.1. The zero-order valence-electron chi connectivity index (χ0n) is 14.3. The summed E-state index contributed by atoms with van der Waals surface area (Å²) in [5.41, 5.74) is 0.659. The maximum Gasteiger partial charge on any atom is 0.144 e. The van der Waals surface area contributed by atoms with E-state index in [9.17, 15) is 14.9 Å². The second kappa shape index (κ2) is 8.15. The van der Waals surface area contributed by atoms with Crippen molar-refractivity contribution in [3.05, 3.63) is 96.6 Å². The molecule has 0 saturated carbocycles. The molecule has 3 rings (SSSR count). The molecule has 0 aromatic heterocycles. The molecule has 26 heavy (non-hydrogen) atoms. The van der Waals surface area contributed by atoms with Crippen molar-refractivity contribution in [2.75, 3.05) is 6.16 Å². The number of rotatable bonds is 6. The largest absolute Gasteiger partial charge is 0.387 e. The Labute approximate surface area is 153 Å². The molecule has 0 spiro atoms. The summed E-state index contributed by atoms with van der Waals surface area (Å²) in [6.45, 7) is 0. The summed E-state index contributed by atoms with van der Waals surface area (Å²) in [7, 11) is -3.05. The van der Waals surface area contributed by atoms with Crippen molar-refractivity contribution < 1.29 is 9.67 Å². The minimum atomic E-state index is -3.05. The van der Waals surface area contributed by atoms with Gasteiger partial charge in [0, 0.05) is 16.8 Å². The predicted octanol–water partition coefficient (Wildman–Crippen LogP) is 3.87. The minimum absolute atomic E-state index is 0.0909. The number of benzene rings is 3. The highest BCUT2D eigenvalue weighted by molar-refractivity contribution is 7.78. The zero-order chi connectivity index (χ0) is 18.4. The molecule has 0 aliphatic carbocycles. The number of hydrogen-bond donors (Lipinski definition) is 1. The first kappa shape index (κ1) is 18.1. The third kappa shape index (κ3) is 3.78. The average molecular weight is 361 g/mol. The van der Waals surface area contributed by atoms with Crippen molar-refractivity contribution in [1.29, 1.82) is 5.26 Å². The van der Waals surface area contributed by atoms with E-state index in [1.807, 2.05) is 78.9 Å². The number of aliphatic hydroxyl groups is 1. The summed E-state index contributed by atoms with van der Waals surface area (Å²) in [5, 5.41) is 21.8. The van der Waals surface area contributed by atoms with Crippen molar-refractivity contribution in [1.82, 2.24) is 0 Å². The van der Waals surface area contributed by atoms with Crippen LogP contribution in [-0.4, -0.2) is 11.3 Å². The van der Waals surface area contributed by atoms with Gasteiger partial charge in [0.1, 0.15) is 7.14 Å². The van der Waals surface area contributed by atoms with Crippen LogP contribution in [0.1, 0.15) is 11.7 Å². The fraction of sp³-hybridized carbons (Fsp3) is 0.136. The first-order valence-corrected chi connectivity index (χ1v) is 10.4. The molecule has 0 bridgehead atoms. The average Bonchev–Trinajstić information content (AvgIpc) is 2.73. The third-order valence-electron chi connectivity index (χ3n) is 4.49. The molecule has 3 aromatic carbocycles. The van der Waals surface area contributed by atoms with Crippen molar-refractivity contribution in [3.63, 3.8) is 0 Å². The quantitative estimate of drug-likeness (QED) is 0.678. The van der Waals surface area contributed by atoms with Crippen LogP contribution in [0.4, 0.5) is 0 Å². The van der Waals surface area contributed by atoms with Crippen LogP contribution in [0.15, 0.2) is 91.0 Å². The van der Waals surface area contributed by atoms with Gasteiger partial charge in [-0.05, 0) is 5.56 Å². The van der Waals surface area contributed by atoms with Gasteiger partial charge >= 0.3 is 0 Å². The van der Waals surface area contributed by atoms with Crippen LogP contribution in [0.3, 0.4) is 0 Å². The molecular weight excluding hydrogens is 341 g/mol. The first-order valence-electron chi connectivity index (χ1n) is 8.48. The molecular formula is C22H20NO2P. The number of nitriles is 1. The van der Waals surface area contributed by atoms with Crippen LogP contribution >= 0.6 is 7.14 Å². The van der Waals surface area contributed by atoms with E-state index in [1.54, 1.807) is 12.1 Å². The van der Waals surface area contributed by atoms with Crippen LogP contribution < -0.4 is 10.6 Å². The molecule has 0 fully saturated rings. The van der Waals surface area contributed by atoms with E-state index in [1.165, 1.54) is 0 Å². The van der Waals surface area contributed by atoms with E-state index >= 15 is 0 Å². The van der Waals surface area contributed by atoms with Crippen molar-refractivity contribution in [2.45, 2.75) is 6.10 Å². The van der Waals surface area contributed by atoms with E-state index in [0.717, 1.165) is 0 Å². The van der Waals surface area contributed by atoms with Gasteiger partial charge in [0.15, 0.2) is 0 Å². The lowest BCUT2D eigenvalue weighted by Gasteiger charge is -2.24. The molecule has 0 heterocycles. The molecule has 2 atom stereocenters. The van der Waals surface area contributed by atoms with Crippen LogP contribution in [0, 0.1) is 17.2 Å². The van der Waals surface area contributed by atoms with Crippen LogP contribution in [0.25, 0.3) is 0 Å². The summed E-state index contributed by atoms with van der Waals surface area (Å²) in [5.74, 6) is -0.774. The lowest BCUT2D eigenvalue weighted by molar-refractivity contribution is 0.144. The lowest BCUT2D eigenvalue weighted by atomic mass is 9.99. The van der Waals surface area contributed by atoms with Gasteiger partial charge in [0.05, 0.1) is 18.1 Å². The lowest BCUT2D eigenvalue weighted by Crippen LogP contribution is -2.25. The van der Waals surface area contributed by atoms with Gasteiger partial charge in [-0.3, -0.25) is 0 Å². The Balaban J connectivity index is 2.01. The fourth-order valence-corrected chi connectivity index (χ4v) is 5.93. The van der Waals surface area contributed by atoms with E-state index in [4.69, 9.17) is 0 Å². The van der Waals surface area contributed by atoms with Crippen LogP contribution in [0.5, 0.6) is 0 Å². The summed E-state index contributed by atoms with van der Waals surface area (Å²) >= 11 is 0. The Hall–Kier alpha value is -2.66. The number of nitrogens with zero attached hydrogens (tertiary/aromatic N) is 1. The second-order valence-corrected chi connectivity index (χ2v) is 9.06. The van der Waals surface area contributed by atoms with E-state index in [0.29, 0.717) is 16.2 Å². The van der Waals surface area contributed by atoms with E-state index < -0.39 is 19.2 Å². The topological polar surface area (TPSA) is 61.1 Å². The Morgan fingerprint density at radius 1 is 0.808 bits per heavy atom. The second-order valence-electron chi connectivity index (χ2n) is 6.18. The van der Waals surface area contributed by atoms with Gasteiger partial charge in [-0.25, -0.2) is 0 Å². The van der Waals surface area contributed by atoms with Gasteiger partial charge in [-0.15, -0.1) is 0 Å². The summed E-state index contributed by atoms with van der Waals surface area (Å²) in [6, 6.07) is 29.7. The molecule has 2 unspecified atom stereocenters. The zero-order valence-corrected chi connectivity index (χ0v) is 15.2. The molecule has 3 aromatic rings. The fourth-order valence-electron chi connectivity index (χ4n) is 3.07. The van der Waals surface area contributed by atoms with Gasteiger partial charge in [0.2, 0.25) is 0 Å². The highest BCUT2D eigenvalue weighted by atomic mass is 31.2. The molecule has 0 radical (unpaired) electrons. The van der Waals surface area contributed by atoms with Gasteiger partial charge in [0.25, 0.3) is 0 Å². The van der Waals surface area contributed by atoms with Gasteiger partial charge in [-0.1, -0.05) is 91.0 Å². The highest BCUT2D eigenvalue weighted by Crippen LogP contribution is 2.47. The Kier molecular flexibility index (Phi) is 5.68. The molecule has 0 amide bonds. The molecule has 4 heteroatoms. The van der Waals surface area contributed by atoms with Gasteiger partial charge < -0.3 is 9.67 Å². The monoisotopic (exact) mass is 361 g/mol. The van der Waals surface area contributed by atoms with Crippen LogP contribution in [-0.2, 0) is 4.57 Å². The molecule has 130 valence electrons. The molecule has 0 aliphatic rings. The SMILES string of the molecule is N#CC(CP(=O)(c1ccccc1)c1ccccc1)C(O)c1ccccc1. The Morgan fingerprint density at radius 3 is 1.65 bits per heavy atom. The minimum Gasteiger partial charge on any atom is -0.387 e. The smallest absolute Gasteiger partial charge is 0.144 e. The highest BCUT2D eigenvalue weighted by Gasteiger charge is 2.34. The van der Waals surface area contributed by atoms with Crippen molar-refractivity contribution in [3.8, 4) is 6.07 Å². The summed E-state index contributed by atoms with van der Waals surface area (Å²) in [4.78, 5) is 0. The molecule has 1 N–H and O–H groups in total. The number of hydrogen-bond acceptors (Lipinski definition) is 3. The first-order chi connectivity index (χ1) is 12.6. The molecule has 0 aliphatic heterocycles. The number of aliphatic hydroxyl groups excluding tert-OH is 1.